The molecule has 0 amide bonds. The van der Waals surface area contributed by atoms with Crippen LogP contribution < -0.4 is 15.2 Å². The molecule has 1 N–H and O–H groups in total. The molecule has 0 radical (unpaired) electrons. The van der Waals surface area contributed by atoms with E-state index < -0.39 is 18.0 Å². The number of thiophene rings is 1. The fourth-order valence-electron chi connectivity index (χ4n) is 7.04. The van der Waals surface area contributed by atoms with Crippen molar-refractivity contribution in [2.24, 2.45) is 0 Å². The number of rotatable bonds is 9. The number of hydrogen-bond acceptors (Lipinski definition) is 10. The Morgan fingerprint density at radius 1 is 1.18 bits per heavy atom. The molecule has 2 aliphatic heterocycles. The van der Waals surface area contributed by atoms with Crippen LogP contribution in [0.25, 0.3) is 32.2 Å². The second kappa shape index (κ2) is 13.0. The second-order valence-electron chi connectivity index (χ2n) is 12.2. The van der Waals surface area contributed by atoms with Gasteiger partial charge in [0.05, 0.1) is 46.0 Å². The number of carboxylic acid groups (broad SMARTS) is 1. The van der Waals surface area contributed by atoms with E-state index in [1.165, 1.54) is 22.1 Å². The summed E-state index contributed by atoms with van der Waals surface area (Å²) >= 11 is 7.63. The predicted octanol–water partition coefficient (Wildman–Crippen LogP) is 5.99. The molecular weight excluding hydrogens is 676 g/mol. The minimum Gasteiger partial charge on any atom is -0.491 e. The van der Waals surface area contributed by atoms with E-state index in [-0.39, 0.29) is 41.7 Å². The Hall–Kier alpha value is -4.71. The molecule has 0 atom stereocenters. The third-order valence-electron chi connectivity index (χ3n) is 9.64. The number of likely N-dealkylation sites (tertiary alicyclic amines) is 1. The fraction of sp³-hybridized carbons (Fsp3) is 0.353. The van der Waals surface area contributed by atoms with Crippen LogP contribution in [-0.4, -0.2) is 80.2 Å². The van der Waals surface area contributed by atoms with Crippen molar-refractivity contribution >= 4 is 55.8 Å². The third-order valence-corrected chi connectivity index (χ3v) is 10.9. The van der Waals surface area contributed by atoms with Crippen LogP contribution in [0.15, 0.2) is 46.8 Å². The second-order valence-corrected chi connectivity index (χ2v) is 13.5. The minimum atomic E-state index is -2.38. The van der Waals surface area contributed by atoms with E-state index in [1.807, 2.05) is 9.80 Å². The number of piperidine rings is 1. The monoisotopic (exact) mass is 705 g/mol. The van der Waals surface area contributed by atoms with Gasteiger partial charge < -0.3 is 14.7 Å². The molecule has 0 saturated carbocycles. The van der Waals surface area contributed by atoms with Gasteiger partial charge in [-0.05, 0) is 50.5 Å². The number of nitriles is 1. The van der Waals surface area contributed by atoms with Crippen molar-refractivity contribution in [3.63, 3.8) is 0 Å². The number of nitrogens with zero attached hydrogens (tertiary/aromatic N) is 7. The Kier molecular flexibility index (Phi) is 8.68. The number of alkyl halides is 2. The number of carboxylic acids is 1. The third kappa shape index (κ3) is 5.85. The Morgan fingerprint density at radius 2 is 1.96 bits per heavy atom. The van der Waals surface area contributed by atoms with Gasteiger partial charge in [0.2, 0.25) is 0 Å². The lowest BCUT2D eigenvalue weighted by molar-refractivity contribution is -0.0657. The summed E-state index contributed by atoms with van der Waals surface area (Å²) < 4.78 is 34.6. The smallest absolute Gasteiger partial charge is 0.338 e. The van der Waals surface area contributed by atoms with Crippen molar-refractivity contribution < 1.29 is 23.4 Å². The highest BCUT2D eigenvalue weighted by Crippen LogP contribution is 2.42. The van der Waals surface area contributed by atoms with E-state index in [4.69, 9.17) is 16.3 Å². The van der Waals surface area contributed by atoms with Gasteiger partial charge >= 0.3 is 5.97 Å². The molecule has 11 nitrogen and oxygen atoms in total. The molecule has 2 aliphatic rings. The molecule has 2 fully saturated rings. The van der Waals surface area contributed by atoms with Gasteiger partial charge in [0, 0.05) is 52.9 Å². The van der Waals surface area contributed by atoms with Crippen LogP contribution in [0, 0.1) is 18.3 Å². The first-order valence-corrected chi connectivity index (χ1v) is 17.0. The summed E-state index contributed by atoms with van der Waals surface area (Å²) in [5.74, 6) is 0.231. The molecule has 252 valence electrons. The number of halogens is 3. The molecule has 0 bridgehead atoms. The highest BCUT2D eigenvalue weighted by molar-refractivity contribution is 7.18. The SMILES string of the molecule is Cc1nc2cnc(N3CCC4(CC3)CCN4CC(F)F)c(C#N)c2c(=O)n1CCOc1ccc(Cl)cc1-c1ccnc2c(C(=O)O)csc12. The molecule has 49 heavy (non-hydrogen) atoms. The molecule has 15 heteroatoms. The summed E-state index contributed by atoms with van der Waals surface area (Å²) in [7, 11) is 0. The number of carbonyl (C=O) groups is 1. The number of fused-ring (bicyclic) bond motifs is 2. The molecular formula is C34H30ClF2N7O4S. The molecule has 0 aliphatic carbocycles. The number of pyridine rings is 2. The molecule has 2 saturated heterocycles. The first-order valence-electron chi connectivity index (χ1n) is 15.7. The van der Waals surface area contributed by atoms with E-state index in [9.17, 15) is 28.7 Å². The maximum atomic E-state index is 14.0. The molecule has 5 aromatic rings. The van der Waals surface area contributed by atoms with Crippen LogP contribution in [0.1, 0.15) is 41.0 Å². The fourth-order valence-corrected chi connectivity index (χ4v) is 8.24. The zero-order valence-corrected chi connectivity index (χ0v) is 27.9. The minimum absolute atomic E-state index is 0.0742. The maximum absolute atomic E-state index is 14.0. The summed E-state index contributed by atoms with van der Waals surface area (Å²) in [6.07, 6.45) is 2.87. The molecule has 0 unspecified atom stereocenters. The van der Waals surface area contributed by atoms with Crippen molar-refractivity contribution in [3.05, 3.63) is 74.4 Å². The van der Waals surface area contributed by atoms with E-state index in [2.05, 4.69) is 21.0 Å². The number of benzene rings is 1. The topological polar surface area (TPSA) is 137 Å². The molecule has 7 rings (SSSR count). The zero-order chi connectivity index (χ0) is 34.4. The van der Waals surface area contributed by atoms with Gasteiger partial charge in [-0.1, -0.05) is 11.6 Å². The van der Waals surface area contributed by atoms with E-state index in [1.54, 1.807) is 42.8 Å². The Bertz CT molecular complexity index is 2210. The number of ether oxygens (including phenoxy) is 1. The summed E-state index contributed by atoms with van der Waals surface area (Å²) in [4.78, 5) is 42.9. The van der Waals surface area contributed by atoms with Gasteiger partial charge in [-0.25, -0.2) is 23.5 Å². The Labute approximate surface area is 288 Å². The first kappa shape index (κ1) is 32.8. The van der Waals surface area contributed by atoms with Crippen LogP contribution in [0.2, 0.25) is 5.02 Å². The van der Waals surface area contributed by atoms with Crippen LogP contribution in [0.5, 0.6) is 5.75 Å². The number of aromatic nitrogens is 4. The van der Waals surface area contributed by atoms with Crippen molar-refractivity contribution in [1.29, 1.82) is 5.26 Å². The average Bonchev–Trinajstić information content (AvgIpc) is 3.53. The highest BCUT2D eigenvalue weighted by atomic mass is 35.5. The summed E-state index contributed by atoms with van der Waals surface area (Å²) in [5, 5.41) is 22.0. The van der Waals surface area contributed by atoms with Crippen LogP contribution in [-0.2, 0) is 6.54 Å². The Morgan fingerprint density at radius 3 is 2.65 bits per heavy atom. The van der Waals surface area contributed by atoms with Gasteiger partial charge in [0.1, 0.15) is 35.6 Å². The first-order chi connectivity index (χ1) is 23.6. The van der Waals surface area contributed by atoms with Gasteiger partial charge in [-0.15, -0.1) is 11.3 Å². The predicted molar refractivity (Wildman–Crippen MR) is 182 cm³/mol. The van der Waals surface area contributed by atoms with Crippen LogP contribution in [0.3, 0.4) is 0 Å². The van der Waals surface area contributed by atoms with Gasteiger partial charge in [0.25, 0.3) is 12.0 Å². The Balaban J connectivity index is 1.14. The quantitative estimate of drug-likeness (QED) is 0.195. The summed E-state index contributed by atoms with van der Waals surface area (Å²) in [6.45, 7) is 3.39. The molecule has 1 aromatic carbocycles. The lowest BCUT2D eigenvalue weighted by atomic mass is 9.76. The van der Waals surface area contributed by atoms with E-state index in [0.717, 1.165) is 6.42 Å². The average molecular weight is 706 g/mol. The highest BCUT2D eigenvalue weighted by Gasteiger charge is 2.47. The van der Waals surface area contributed by atoms with Crippen molar-refractivity contribution in [3.8, 4) is 22.9 Å². The molecule has 1 spiro atoms. The van der Waals surface area contributed by atoms with Gasteiger partial charge in [0.15, 0.2) is 0 Å². The van der Waals surface area contributed by atoms with Gasteiger partial charge in [-0.3, -0.25) is 19.2 Å². The zero-order valence-electron chi connectivity index (χ0n) is 26.3. The number of aromatic carboxylic acids is 1. The van der Waals surface area contributed by atoms with E-state index in [0.29, 0.717) is 81.8 Å². The lowest BCUT2D eigenvalue weighted by Crippen LogP contribution is -2.65. The summed E-state index contributed by atoms with van der Waals surface area (Å²) in [5.41, 5.74) is 1.64. The molecule has 6 heterocycles. The standard InChI is InChI=1S/C34H30ClF2N7O4S/c1-19-41-25-16-40-31(42-9-5-34(6-10-42)7-11-43(34)17-27(36)37)23(15-38)28(25)32(45)44(19)12-13-48-26-3-2-20(35)14-22(26)21-4-8-39-29-24(33(46)47)18-49-30(21)29/h2-4,8,14,16,18,27H,5-7,9-13,17H2,1H3,(H,46,47). The van der Waals surface area contributed by atoms with Gasteiger partial charge in [-0.2, -0.15) is 5.26 Å². The van der Waals surface area contributed by atoms with Crippen molar-refractivity contribution in [2.45, 2.75) is 44.7 Å². The summed E-state index contributed by atoms with van der Waals surface area (Å²) in [6, 6.07) is 9.10. The van der Waals surface area contributed by atoms with E-state index >= 15 is 0 Å². The lowest BCUT2D eigenvalue weighted by Gasteiger charge is -2.56. The van der Waals surface area contributed by atoms with Crippen molar-refractivity contribution in [1.82, 2.24) is 24.4 Å². The number of anilines is 1. The maximum Gasteiger partial charge on any atom is 0.338 e. The van der Waals surface area contributed by atoms with Crippen LogP contribution in [0.4, 0.5) is 14.6 Å². The number of hydrogen-bond donors (Lipinski definition) is 1. The largest absolute Gasteiger partial charge is 0.491 e. The normalized spacial score (nSPS) is 16.0. The van der Waals surface area contributed by atoms with Crippen molar-refractivity contribution in [2.75, 3.05) is 37.7 Å². The van der Waals surface area contributed by atoms with Crippen LogP contribution >= 0.6 is 22.9 Å². The number of aryl methyl sites for hydroxylation is 1. The molecule has 4 aromatic heterocycles.